The summed E-state index contributed by atoms with van der Waals surface area (Å²) in [6.07, 6.45) is 1.34. The van der Waals surface area contributed by atoms with Gasteiger partial charge < -0.3 is 10.2 Å². The first-order chi connectivity index (χ1) is 10.6. The lowest BCUT2D eigenvalue weighted by molar-refractivity contribution is -0.136. The summed E-state index contributed by atoms with van der Waals surface area (Å²) in [5.41, 5.74) is 1.13. The molecule has 3 aromatic rings. The monoisotopic (exact) mass is 296 g/mol. The van der Waals surface area contributed by atoms with E-state index in [0.717, 1.165) is 0 Å². The number of carbonyl (C=O) groups is 1. The molecule has 0 aliphatic rings. The molecule has 22 heavy (non-hydrogen) atoms. The summed E-state index contributed by atoms with van der Waals surface area (Å²) < 4.78 is 1.51. The standard InChI is InChI=1S/C15H12N4O3/c20-12-7-4-8-19-14(11(9-13(21)22)16-15(12)19)18-17-10-5-2-1-3-6-10/h1-8,20H,9H2,(H,21,22). The molecular formula is C15H12N4O3. The molecule has 0 spiro atoms. The lowest BCUT2D eigenvalue weighted by atomic mass is 10.3. The van der Waals surface area contributed by atoms with Crippen molar-refractivity contribution in [1.29, 1.82) is 0 Å². The third-order valence-electron chi connectivity index (χ3n) is 3.01. The molecule has 2 aromatic heterocycles. The number of hydrogen-bond acceptors (Lipinski definition) is 5. The van der Waals surface area contributed by atoms with Gasteiger partial charge in [0.05, 0.1) is 17.8 Å². The van der Waals surface area contributed by atoms with Crippen LogP contribution in [0.15, 0.2) is 58.9 Å². The van der Waals surface area contributed by atoms with Gasteiger partial charge in [-0.1, -0.05) is 18.2 Å². The molecule has 0 saturated carbocycles. The maximum Gasteiger partial charge on any atom is 0.309 e. The average Bonchev–Trinajstić information content (AvgIpc) is 2.84. The van der Waals surface area contributed by atoms with Gasteiger partial charge in [0.2, 0.25) is 0 Å². The highest BCUT2D eigenvalue weighted by atomic mass is 16.4. The third kappa shape index (κ3) is 2.64. The van der Waals surface area contributed by atoms with E-state index in [1.165, 1.54) is 10.5 Å². The second-order valence-electron chi connectivity index (χ2n) is 4.58. The zero-order valence-electron chi connectivity index (χ0n) is 11.4. The Balaban J connectivity index is 2.11. The van der Waals surface area contributed by atoms with E-state index in [-0.39, 0.29) is 29.3 Å². The van der Waals surface area contributed by atoms with Crippen molar-refractivity contribution in [2.24, 2.45) is 10.2 Å². The molecule has 2 heterocycles. The Morgan fingerprint density at radius 3 is 2.64 bits per heavy atom. The van der Waals surface area contributed by atoms with E-state index in [4.69, 9.17) is 5.11 Å². The van der Waals surface area contributed by atoms with Gasteiger partial charge in [0, 0.05) is 6.20 Å². The highest BCUT2D eigenvalue weighted by Crippen LogP contribution is 2.28. The van der Waals surface area contributed by atoms with Gasteiger partial charge in [-0.3, -0.25) is 9.20 Å². The fourth-order valence-corrected chi connectivity index (χ4v) is 2.06. The van der Waals surface area contributed by atoms with Gasteiger partial charge in [-0.2, -0.15) is 0 Å². The van der Waals surface area contributed by atoms with Gasteiger partial charge in [0.15, 0.2) is 17.2 Å². The Morgan fingerprint density at radius 1 is 1.14 bits per heavy atom. The molecule has 0 radical (unpaired) electrons. The summed E-state index contributed by atoms with van der Waals surface area (Å²) in [6, 6.07) is 12.2. The number of benzene rings is 1. The van der Waals surface area contributed by atoms with Crippen LogP contribution in [0.4, 0.5) is 11.5 Å². The van der Waals surface area contributed by atoms with Gasteiger partial charge in [0.1, 0.15) is 0 Å². The predicted molar refractivity (Wildman–Crippen MR) is 78.8 cm³/mol. The first-order valence-corrected chi connectivity index (χ1v) is 6.52. The van der Waals surface area contributed by atoms with Gasteiger partial charge in [-0.25, -0.2) is 4.98 Å². The lowest BCUT2D eigenvalue weighted by Crippen LogP contribution is -2.00. The third-order valence-corrected chi connectivity index (χ3v) is 3.01. The Kier molecular flexibility index (Phi) is 3.53. The fraction of sp³-hybridized carbons (Fsp3) is 0.0667. The minimum absolute atomic E-state index is 0.0460. The van der Waals surface area contributed by atoms with Crippen molar-refractivity contribution in [3.05, 3.63) is 54.4 Å². The number of nitrogens with zero attached hydrogens (tertiary/aromatic N) is 4. The van der Waals surface area contributed by atoms with Crippen molar-refractivity contribution in [3.8, 4) is 5.75 Å². The number of aromatic nitrogens is 2. The zero-order valence-corrected chi connectivity index (χ0v) is 11.4. The highest BCUT2D eigenvalue weighted by molar-refractivity contribution is 5.73. The van der Waals surface area contributed by atoms with Crippen molar-refractivity contribution >= 4 is 23.1 Å². The molecule has 3 rings (SSSR count). The Morgan fingerprint density at radius 2 is 1.91 bits per heavy atom. The topological polar surface area (TPSA) is 99.5 Å². The van der Waals surface area contributed by atoms with Gasteiger partial charge >= 0.3 is 5.97 Å². The summed E-state index contributed by atoms with van der Waals surface area (Å²) in [5, 5.41) is 27.0. The summed E-state index contributed by atoms with van der Waals surface area (Å²) in [6.45, 7) is 0. The van der Waals surface area contributed by atoms with Crippen LogP contribution in [0.25, 0.3) is 5.65 Å². The predicted octanol–water partition coefficient (Wildman–Crippen LogP) is 3.08. The molecule has 0 bridgehead atoms. The summed E-state index contributed by atoms with van der Waals surface area (Å²) >= 11 is 0. The molecule has 0 amide bonds. The summed E-state index contributed by atoms with van der Waals surface area (Å²) in [5.74, 6) is -0.786. The van der Waals surface area contributed by atoms with E-state index in [2.05, 4.69) is 15.2 Å². The van der Waals surface area contributed by atoms with E-state index >= 15 is 0 Å². The van der Waals surface area contributed by atoms with E-state index < -0.39 is 5.97 Å². The SMILES string of the molecule is O=C(O)Cc1nc2c(O)cccn2c1N=Nc1ccccc1. The molecule has 2 N–H and O–H groups in total. The molecule has 7 heteroatoms. The number of azo groups is 1. The van der Waals surface area contributed by atoms with Gasteiger partial charge in [-0.05, 0) is 24.3 Å². The van der Waals surface area contributed by atoms with E-state index in [1.807, 2.05) is 18.2 Å². The van der Waals surface area contributed by atoms with E-state index in [0.29, 0.717) is 5.69 Å². The second-order valence-corrected chi connectivity index (χ2v) is 4.58. The van der Waals surface area contributed by atoms with Crippen molar-refractivity contribution in [2.75, 3.05) is 0 Å². The first kappa shape index (κ1) is 13.7. The summed E-state index contributed by atoms with van der Waals surface area (Å²) in [7, 11) is 0. The number of imidazole rings is 1. The van der Waals surface area contributed by atoms with Crippen LogP contribution < -0.4 is 0 Å². The van der Waals surface area contributed by atoms with Crippen molar-refractivity contribution < 1.29 is 15.0 Å². The molecular weight excluding hydrogens is 284 g/mol. The largest absolute Gasteiger partial charge is 0.504 e. The highest BCUT2D eigenvalue weighted by Gasteiger charge is 2.16. The van der Waals surface area contributed by atoms with Crippen LogP contribution in [0.2, 0.25) is 0 Å². The van der Waals surface area contributed by atoms with Crippen LogP contribution in [0.5, 0.6) is 5.75 Å². The molecule has 7 nitrogen and oxygen atoms in total. The molecule has 0 atom stereocenters. The van der Waals surface area contributed by atoms with Gasteiger partial charge in [0.25, 0.3) is 0 Å². The van der Waals surface area contributed by atoms with Crippen LogP contribution in [-0.4, -0.2) is 25.6 Å². The molecule has 0 unspecified atom stereocenters. The summed E-state index contributed by atoms with van der Waals surface area (Å²) in [4.78, 5) is 15.1. The second kappa shape index (κ2) is 5.65. The Labute approximate surface area is 125 Å². The van der Waals surface area contributed by atoms with Crippen LogP contribution in [0.1, 0.15) is 5.69 Å². The van der Waals surface area contributed by atoms with E-state index in [1.54, 1.807) is 24.4 Å². The number of carboxylic acid groups (broad SMARTS) is 1. The minimum Gasteiger partial charge on any atom is -0.504 e. The quantitative estimate of drug-likeness (QED) is 0.722. The number of fused-ring (bicyclic) bond motifs is 1. The van der Waals surface area contributed by atoms with E-state index in [9.17, 15) is 9.90 Å². The Bertz CT molecular complexity index is 856. The van der Waals surface area contributed by atoms with Crippen LogP contribution in [0.3, 0.4) is 0 Å². The number of aliphatic carboxylic acids is 1. The molecule has 0 aliphatic carbocycles. The van der Waals surface area contributed by atoms with Crippen LogP contribution >= 0.6 is 0 Å². The minimum atomic E-state index is -1.03. The number of hydrogen-bond donors (Lipinski definition) is 2. The smallest absolute Gasteiger partial charge is 0.309 e. The number of carboxylic acids is 1. The molecule has 1 aromatic carbocycles. The molecule has 0 saturated heterocycles. The zero-order chi connectivity index (χ0) is 15.5. The maximum atomic E-state index is 11.0. The van der Waals surface area contributed by atoms with Crippen molar-refractivity contribution in [2.45, 2.75) is 6.42 Å². The molecule has 0 fully saturated rings. The first-order valence-electron chi connectivity index (χ1n) is 6.52. The van der Waals surface area contributed by atoms with Crippen molar-refractivity contribution in [3.63, 3.8) is 0 Å². The number of rotatable bonds is 4. The fourth-order valence-electron chi connectivity index (χ4n) is 2.06. The van der Waals surface area contributed by atoms with Crippen molar-refractivity contribution in [1.82, 2.24) is 9.38 Å². The van der Waals surface area contributed by atoms with Crippen LogP contribution in [-0.2, 0) is 11.2 Å². The van der Waals surface area contributed by atoms with Gasteiger partial charge in [-0.15, -0.1) is 10.2 Å². The molecule has 110 valence electrons. The van der Waals surface area contributed by atoms with Crippen LogP contribution in [0, 0.1) is 0 Å². The lowest BCUT2D eigenvalue weighted by Gasteiger charge is -1.98. The molecule has 0 aliphatic heterocycles. The Hall–Kier alpha value is -3.22. The maximum absolute atomic E-state index is 11.0. The number of pyridine rings is 1. The average molecular weight is 296 g/mol. The number of aromatic hydroxyl groups is 1. The normalized spacial score (nSPS) is 11.3.